The second-order valence-electron chi connectivity index (χ2n) is 16.1. The molecule has 4 aliphatic rings. The molecule has 7 aromatic carbocycles. The van der Waals surface area contributed by atoms with Crippen LogP contribution in [0.4, 0.5) is 5.69 Å². The fourth-order valence-electron chi connectivity index (χ4n) is 11.0. The molecule has 1 heterocycles. The van der Waals surface area contributed by atoms with Gasteiger partial charge in [0.15, 0.2) is 23.2 Å². The number of nitrogens with zero attached hydrogens (tertiary/aromatic N) is 4. The monoisotopic (exact) mass is 694 g/mol. The van der Waals surface area contributed by atoms with Crippen molar-refractivity contribution in [3.05, 3.63) is 157 Å². The Morgan fingerprint density at radius 1 is 0.444 bits per heavy atom. The van der Waals surface area contributed by atoms with Crippen molar-refractivity contribution < 1.29 is 0 Å². The molecule has 0 aliphatic heterocycles. The van der Waals surface area contributed by atoms with Gasteiger partial charge in [0.1, 0.15) is 0 Å². The summed E-state index contributed by atoms with van der Waals surface area (Å²) in [7, 11) is 0. The number of fused-ring (bicyclic) bond motifs is 6. The van der Waals surface area contributed by atoms with Gasteiger partial charge in [-0.15, -0.1) is 0 Å². The molecule has 0 spiro atoms. The smallest absolute Gasteiger partial charge is 0.187 e. The molecule has 4 bridgehead atoms. The lowest BCUT2D eigenvalue weighted by Gasteiger charge is -2.57. The van der Waals surface area contributed by atoms with Gasteiger partial charge in [-0.2, -0.15) is 0 Å². The van der Waals surface area contributed by atoms with E-state index in [9.17, 15) is 0 Å². The highest BCUT2D eigenvalue weighted by molar-refractivity contribution is 6.31. The molecule has 12 rings (SSSR count). The second kappa shape index (κ2) is 12.2. The van der Waals surface area contributed by atoms with Crippen LogP contribution in [0.3, 0.4) is 0 Å². The minimum Gasteiger partial charge on any atom is -0.238 e. The number of aromatic nitrogens is 3. The minimum atomic E-state index is 0.366. The van der Waals surface area contributed by atoms with E-state index < -0.39 is 0 Å². The quantitative estimate of drug-likeness (QED) is 0.133. The summed E-state index contributed by atoms with van der Waals surface area (Å²) in [6.45, 7) is 7.47. The van der Waals surface area contributed by atoms with E-state index in [2.05, 4.69) is 89.8 Å². The lowest BCUT2D eigenvalue weighted by Crippen LogP contribution is -2.48. The highest BCUT2D eigenvalue weighted by Crippen LogP contribution is 2.61. The van der Waals surface area contributed by atoms with E-state index >= 15 is 0 Å². The first-order valence-electron chi connectivity index (χ1n) is 19.4. The zero-order valence-corrected chi connectivity index (χ0v) is 30.0. The van der Waals surface area contributed by atoms with Gasteiger partial charge in [-0.1, -0.05) is 133 Å². The summed E-state index contributed by atoms with van der Waals surface area (Å²) in [5.74, 6) is 4.59. The number of hydrogen-bond acceptors (Lipinski definition) is 3. The van der Waals surface area contributed by atoms with E-state index in [1.165, 1.54) is 76.6 Å². The molecule has 4 fully saturated rings. The van der Waals surface area contributed by atoms with Crippen LogP contribution in [0.2, 0.25) is 0 Å². The summed E-state index contributed by atoms with van der Waals surface area (Å²) >= 11 is 0. The molecule has 1 aromatic heterocycles. The van der Waals surface area contributed by atoms with Crippen LogP contribution in [-0.4, -0.2) is 15.0 Å². The third-order valence-electron chi connectivity index (χ3n) is 12.9. The molecule has 0 radical (unpaired) electrons. The van der Waals surface area contributed by atoms with Crippen LogP contribution >= 0.6 is 0 Å². The molecule has 54 heavy (non-hydrogen) atoms. The van der Waals surface area contributed by atoms with Crippen molar-refractivity contribution in [1.82, 2.24) is 15.0 Å². The Morgan fingerprint density at radius 2 is 0.907 bits per heavy atom. The summed E-state index contributed by atoms with van der Waals surface area (Å²) in [6.07, 6.45) is 8.49. The van der Waals surface area contributed by atoms with Gasteiger partial charge >= 0.3 is 0 Å². The third kappa shape index (κ3) is 4.99. The zero-order valence-electron chi connectivity index (χ0n) is 30.0. The van der Waals surface area contributed by atoms with Crippen molar-refractivity contribution in [1.29, 1.82) is 0 Å². The van der Waals surface area contributed by atoms with E-state index in [-0.39, 0.29) is 0 Å². The van der Waals surface area contributed by atoms with Crippen molar-refractivity contribution in [2.24, 2.45) is 17.8 Å². The maximum atomic E-state index is 7.47. The van der Waals surface area contributed by atoms with Gasteiger partial charge in [-0.05, 0) is 111 Å². The maximum absolute atomic E-state index is 7.47. The Labute approximate surface area is 315 Å². The highest BCUT2D eigenvalue weighted by Gasteiger charge is 2.51. The van der Waals surface area contributed by atoms with Crippen LogP contribution in [0, 0.1) is 24.3 Å². The van der Waals surface area contributed by atoms with Crippen LogP contribution in [0.15, 0.2) is 140 Å². The van der Waals surface area contributed by atoms with Crippen LogP contribution in [-0.2, 0) is 5.41 Å². The van der Waals surface area contributed by atoms with Gasteiger partial charge < -0.3 is 0 Å². The minimum absolute atomic E-state index is 0.366. The second-order valence-corrected chi connectivity index (χ2v) is 16.1. The molecular formula is C50H38N4. The third-order valence-corrected chi connectivity index (χ3v) is 12.9. The van der Waals surface area contributed by atoms with Crippen LogP contribution in [0.25, 0.3) is 82.5 Å². The maximum Gasteiger partial charge on any atom is 0.187 e. The van der Waals surface area contributed by atoms with Crippen molar-refractivity contribution >= 4 is 38.0 Å². The lowest BCUT2D eigenvalue weighted by atomic mass is 9.48. The van der Waals surface area contributed by atoms with Crippen molar-refractivity contribution in [3.63, 3.8) is 0 Å². The Morgan fingerprint density at radius 3 is 1.48 bits per heavy atom. The average molecular weight is 695 g/mol. The van der Waals surface area contributed by atoms with Gasteiger partial charge in [0, 0.05) is 22.1 Å². The molecule has 8 aromatic rings. The SMILES string of the molecule is [C-]#[N+]c1ccc(-c2nc(-c3ccccc3)nc(-c3ccc(-c4ccc(C56CC7CC(CC(C7)C5)C6)cc4)c4c5ccccc5c5ccccc5c34)n2)cc1. The molecule has 258 valence electrons. The summed E-state index contributed by atoms with van der Waals surface area (Å²) in [6, 6.07) is 49.5. The van der Waals surface area contributed by atoms with Crippen LogP contribution in [0.1, 0.15) is 44.1 Å². The fourth-order valence-corrected chi connectivity index (χ4v) is 11.0. The van der Waals surface area contributed by atoms with E-state index in [0.717, 1.165) is 39.8 Å². The predicted molar refractivity (Wildman–Crippen MR) is 220 cm³/mol. The van der Waals surface area contributed by atoms with Gasteiger partial charge in [0.05, 0.1) is 6.57 Å². The van der Waals surface area contributed by atoms with Gasteiger partial charge in [0.2, 0.25) is 0 Å². The van der Waals surface area contributed by atoms with Crippen molar-refractivity contribution in [2.75, 3.05) is 0 Å². The van der Waals surface area contributed by atoms with Crippen LogP contribution < -0.4 is 0 Å². The van der Waals surface area contributed by atoms with Crippen molar-refractivity contribution in [3.8, 4) is 45.3 Å². The number of benzene rings is 7. The fraction of sp³-hybridized carbons (Fsp3) is 0.200. The van der Waals surface area contributed by atoms with Gasteiger partial charge in [-0.25, -0.2) is 19.8 Å². The molecule has 4 saturated carbocycles. The molecule has 4 heteroatoms. The predicted octanol–water partition coefficient (Wildman–Crippen LogP) is 13.0. The van der Waals surface area contributed by atoms with E-state index in [0.29, 0.717) is 28.6 Å². The molecule has 0 unspecified atom stereocenters. The Hall–Kier alpha value is -6.18. The molecule has 4 aliphatic carbocycles. The molecule has 0 N–H and O–H groups in total. The highest BCUT2D eigenvalue weighted by atomic mass is 15.0. The molecular weight excluding hydrogens is 657 g/mol. The Balaban J connectivity index is 1.15. The average Bonchev–Trinajstić information content (AvgIpc) is 3.23. The molecule has 0 amide bonds. The summed E-state index contributed by atoms with van der Waals surface area (Å²) in [5, 5.41) is 7.22. The molecule has 0 saturated heterocycles. The van der Waals surface area contributed by atoms with Gasteiger partial charge in [0.25, 0.3) is 0 Å². The molecule has 0 atom stereocenters. The Bertz CT molecular complexity index is 2760. The largest absolute Gasteiger partial charge is 0.238 e. The molecule has 4 nitrogen and oxygen atoms in total. The zero-order chi connectivity index (χ0) is 35.8. The topological polar surface area (TPSA) is 43.0 Å². The number of hydrogen-bond donors (Lipinski definition) is 0. The first-order valence-corrected chi connectivity index (χ1v) is 19.4. The lowest BCUT2D eigenvalue weighted by molar-refractivity contribution is -0.00518. The Kier molecular flexibility index (Phi) is 7.07. The normalized spacial score (nSPS) is 21.5. The van der Waals surface area contributed by atoms with Crippen molar-refractivity contribution in [2.45, 2.75) is 43.9 Å². The van der Waals surface area contributed by atoms with E-state index in [1.807, 2.05) is 54.6 Å². The first-order chi connectivity index (χ1) is 26.6. The summed E-state index contributed by atoms with van der Waals surface area (Å²) < 4.78 is 0. The standard InChI is InChI=1S/C50H38N4/c1-51-38-21-17-36(18-22-38)48-52-47(35-9-3-2-4-10-35)53-49(54-48)44-24-23-39(45-42-13-7-5-11-40(42)41-12-6-8-14-43(41)46(44)45)34-15-19-37(20-16-34)50-28-31-25-32(29-50)27-33(26-31)30-50/h2-24,31-33H,25-30H2. The van der Waals surface area contributed by atoms with E-state index in [1.54, 1.807) is 5.56 Å². The van der Waals surface area contributed by atoms with Crippen LogP contribution in [0.5, 0.6) is 0 Å². The van der Waals surface area contributed by atoms with E-state index in [4.69, 9.17) is 21.5 Å². The summed E-state index contributed by atoms with van der Waals surface area (Å²) in [5.41, 5.74) is 7.71. The summed E-state index contributed by atoms with van der Waals surface area (Å²) in [4.78, 5) is 19.0. The van der Waals surface area contributed by atoms with Gasteiger partial charge in [-0.3, -0.25) is 0 Å². The number of rotatable bonds is 5. The first kappa shape index (κ1) is 31.4.